The molecule has 0 radical (unpaired) electrons. The highest BCUT2D eigenvalue weighted by Crippen LogP contribution is 2.29. The lowest BCUT2D eigenvalue weighted by molar-refractivity contribution is 0.392. The van der Waals surface area contributed by atoms with E-state index >= 15 is 0 Å². The zero-order valence-corrected chi connectivity index (χ0v) is 13.5. The van der Waals surface area contributed by atoms with Crippen molar-refractivity contribution >= 4 is 6.08 Å². The molecule has 1 aliphatic rings. The highest BCUT2D eigenvalue weighted by atomic mass is 14.9. The Balaban J connectivity index is 2.02. The molecule has 21 heavy (non-hydrogen) atoms. The molecule has 1 N–H and O–H groups in total. The van der Waals surface area contributed by atoms with Gasteiger partial charge in [0.1, 0.15) is 0 Å². The monoisotopic (exact) mass is 283 g/mol. The van der Waals surface area contributed by atoms with E-state index in [0.29, 0.717) is 6.04 Å². The van der Waals surface area contributed by atoms with Gasteiger partial charge in [-0.1, -0.05) is 87.2 Å². The fraction of sp³-hybridized carbons (Fsp3) is 0.500. The van der Waals surface area contributed by atoms with E-state index in [9.17, 15) is 0 Å². The maximum atomic E-state index is 3.59. The van der Waals surface area contributed by atoms with Crippen molar-refractivity contribution in [3.05, 3.63) is 53.6 Å². The summed E-state index contributed by atoms with van der Waals surface area (Å²) in [5.41, 5.74) is 2.85. The molecule has 0 amide bonds. The Morgan fingerprint density at radius 3 is 2.52 bits per heavy atom. The summed E-state index contributed by atoms with van der Waals surface area (Å²) in [7, 11) is 0. The smallest absolute Gasteiger partial charge is 0.0172 e. The molecular weight excluding hydrogens is 254 g/mol. The summed E-state index contributed by atoms with van der Waals surface area (Å²) in [6.07, 6.45) is 13.7. The molecule has 1 aromatic rings. The van der Waals surface area contributed by atoms with E-state index in [1.165, 1.54) is 37.7 Å². The standard InChI is InChI=1S/C20H29N/c1-17(2)21-16-20(19-13-7-4-8-14-19)15-9-12-18-10-5-3-6-11-18/h3,5-6,9-12,15,17,19,21H,4,7-8,13-14,16H2,1-2H3/b12-9?,20-15-. The zero-order valence-electron chi connectivity index (χ0n) is 13.5. The van der Waals surface area contributed by atoms with Gasteiger partial charge in [-0.25, -0.2) is 0 Å². The molecule has 1 fully saturated rings. The lowest BCUT2D eigenvalue weighted by atomic mass is 9.83. The van der Waals surface area contributed by atoms with Crippen LogP contribution < -0.4 is 5.32 Å². The average molecular weight is 283 g/mol. The number of nitrogens with one attached hydrogen (secondary N) is 1. The summed E-state index contributed by atoms with van der Waals surface area (Å²) in [6.45, 7) is 5.47. The molecule has 1 aromatic carbocycles. The van der Waals surface area contributed by atoms with Crippen molar-refractivity contribution in [2.75, 3.05) is 6.54 Å². The molecular formula is C20H29N. The zero-order chi connectivity index (χ0) is 14.9. The lowest BCUT2D eigenvalue weighted by Crippen LogP contribution is -2.27. The van der Waals surface area contributed by atoms with Gasteiger partial charge >= 0.3 is 0 Å². The van der Waals surface area contributed by atoms with Gasteiger partial charge in [0, 0.05) is 12.6 Å². The molecule has 1 heteroatoms. The first-order valence-electron chi connectivity index (χ1n) is 8.41. The van der Waals surface area contributed by atoms with E-state index < -0.39 is 0 Å². The molecule has 0 aromatic heterocycles. The molecule has 0 aliphatic heterocycles. The quantitative estimate of drug-likeness (QED) is 0.707. The second-order valence-electron chi connectivity index (χ2n) is 6.38. The third kappa shape index (κ3) is 5.89. The van der Waals surface area contributed by atoms with E-state index in [1.54, 1.807) is 5.57 Å². The molecule has 1 aliphatic carbocycles. The first-order valence-corrected chi connectivity index (χ1v) is 8.41. The third-order valence-corrected chi connectivity index (χ3v) is 4.24. The Kier molecular flexibility index (Phi) is 6.75. The largest absolute Gasteiger partial charge is 0.311 e. The molecule has 1 nitrogen and oxygen atoms in total. The van der Waals surface area contributed by atoms with Gasteiger partial charge in [0.25, 0.3) is 0 Å². The number of allylic oxidation sites excluding steroid dienone is 2. The minimum Gasteiger partial charge on any atom is -0.311 e. The molecule has 0 bridgehead atoms. The minimum atomic E-state index is 0.551. The van der Waals surface area contributed by atoms with Crippen molar-refractivity contribution in [2.24, 2.45) is 5.92 Å². The van der Waals surface area contributed by atoms with Gasteiger partial charge in [-0.3, -0.25) is 0 Å². The fourth-order valence-electron chi connectivity index (χ4n) is 2.98. The highest BCUT2D eigenvalue weighted by Gasteiger charge is 2.17. The van der Waals surface area contributed by atoms with E-state index in [2.05, 4.69) is 67.7 Å². The molecule has 0 saturated heterocycles. The maximum Gasteiger partial charge on any atom is 0.0172 e. The summed E-state index contributed by atoms with van der Waals surface area (Å²) in [5, 5.41) is 3.59. The first-order chi connectivity index (χ1) is 10.3. The van der Waals surface area contributed by atoms with Gasteiger partial charge < -0.3 is 5.32 Å². The van der Waals surface area contributed by atoms with Gasteiger partial charge in [-0.2, -0.15) is 0 Å². The number of hydrogen-bond donors (Lipinski definition) is 1. The molecule has 1 saturated carbocycles. The Bertz CT molecular complexity index is 450. The Hall–Kier alpha value is -1.34. The van der Waals surface area contributed by atoms with Crippen LogP contribution in [0.1, 0.15) is 51.5 Å². The highest BCUT2D eigenvalue weighted by molar-refractivity contribution is 5.51. The number of rotatable bonds is 6. The topological polar surface area (TPSA) is 12.0 Å². The fourth-order valence-corrected chi connectivity index (χ4v) is 2.98. The summed E-state index contributed by atoms with van der Waals surface area (Å²) in [4.78, 5) is 0. The van der Waals surface area contributed by atoms with E-state index in [-0.39, 0.29) is 0 Å². The van der Waals surface area contributed by atoms with Gasteiger partial charge in [-0.15, -0.1) is 0 Å². The Morgan fingerprint density at radius 2 is 1.86 bits per heavy atom. The van der Waals surface area contributed by atoms with Crippen LogP contribution >= 0.6 is 0 Å². The maximum absolute atomic E-state index is 3.59. The van der Waals surface area contributed by atoms with Crippen LogP contribution in [0.3, 0.4) is 0 Å². The molecule has 0 heterocycles. The van der Waals surface area contributed by atoms with Crippen molar-refractivity contribution in [3.8, 4) is 0 Å². The first kappa shape index (κ1) is 16.0. The van der Waals surface area contributed by atoms with Gasteiger partial charge in [0.15, 0.2) is 0 Å². The summed E-state index contributed by atoms with van der Waals surface area (Å²) < 4.78 is 0. The second kappa shape index (κ2) is 8.84. The van der Waals surface area contributed by atoms with E-state index in [0.717, 1.165) is 12.5 Å². The van der Waals surface area contributed by atoms with Crippen LogP contribution in [0.5, 0.6) is 0 Å². The van der Waals surface area contributed by atoms with Crippen LogP contribution in [0.15, 0.2) is 48.1 Å². The van der Waals surface area contributed by atoms with Crippen LogP contribution in [0.25, 0.3) is 6.08 Å². The van der Waals surface area contributed by atoms with Crippen LogP contribution in [0, 0.1) is 5.92 Å². The van der Waals surface area contributed by atoms with Crippen LogP contribution in [0.2, 0.25) is 0 Å². The van der Waals surface area contributed by atoms with Crippen molar-refractivity contribution < 1.29 is 0 Å². The average Bonchev–Trinajstić information content (AvgIpc) is 2.52. The van der Waals surface area contributed by atoms with Gasteiger partial charge in [0.05, 0.1) is 0 Å². The normalized spacial score (nSPS) is 17.8. The van der Waals surface area contributed by atoms with Crippen molar-refractivity contribution in [3.63, 3.8) is 0 Å². The Labute approximate surface area is 130 Å². The third-order valence-electron chi connectivity index (χ3n) is 4.24. The summed E-state index contributed by atoms with van der Waals surface area (Å²) in [5.74, 6) is 0.783. The molecule has 0 unspecified atom stereocenters. The predicted octanol–water partition coefficient (Wildman–Crippen LogP) is 5.20. The van der Waals surface area contributed by atoms with E-state index in [4.69, 9.17) is 0 Å². The molecule has 0 spiro atoms. The summed E-state index contributed by atoms with van der Waals surface area (Å²) >= 11 is 0. The summed E-state index contributed by atoms with van der Waals surface area (Å²) in [6, 6.07) is 11.1. The molecule has 0 atom stereocenters. The van der Waals surface area contributed by atoms with Crippen LogP contribution in [-0.2, 0) is 0 Å². The molecule has 2 rings (SSSR count). The van der Waals surface area contributed by atoms with E-state index in [1.807, 2.05) is 0 Å². The predicted molar refractivity (Wildman–Crippen MR) is 93.3 cm³/mol. The second-order valence-corrected chi connectivity index (χ2v) is 6.38. The molecule has 114 valence electrons. The number of hydrogen-bond acceptors (Lipinski definition) is 1. The number of benzene rings is 1. The Morgan fingerprint density at radius 1 is 1.14 bits per heavy atom. The van der Waals surface area contributed by atoms with Crippen molar-refractivity contribution in [2.45, 2.75) is 52.0 Å². The van der Waals surface area contributed by atoms with Crippen molar-refractivity contribution in [1.82, 2.24) is 5.32 Å². The van der Waals surface area contributed by atoms with Crippen LogP contribution in [0.4, 0.5) is 0 Å². The van der Waals surface area contributed by atoms with Gasteiger partial charge in [0.2, 0.25) is 0 Å². The van der Waals surface area contributed by atoms with Crippen LogP contribution in [-0.4, -0.2) is 12.6 Å². The minimum absolute atomic E-state index is 0.551. The SMILES string of the molecule is CC(C)NC/C(=C/C=Cc1ccccc1)C1CCCCC1. The lowest BCUT2D eigenvalue weighted by Gasteiger charge is -2.25. The van der Waals surface area contributed by atoms with Gasteiger partial charge in [-0.05, 0) is 24.3 Å². The van der Waals surface area contributed by atoms with Crippen molar-refractivity contribution in [1.29, 1.82) is 0 Å².